The minimum atomic E-state index is -0.842. The van der Waals surface area contributed by atoms with E-state index in [4.69, 9.17) is 0 Å². The summed E-state index contributed by atoms with van der Waals surface area (Å²) in [7, 11) is 0. The van der Waals surface area contributed by atoms with E-state index in [2.05, 4.69) is 19.2 Å². The predicted octanol–water partition coefficient (Wildman–Crippen LogP) is 4.73. The van der Waals surface area contributed by atoms with E-state index in [0.29, 0.717) is 23.4 Å². The van der Waals surface area contributed by atoms with Gasteiger partial charge in [0.1, 0.15) is 0 Å². The molecule has 2 N–H and O–H groups in total. The zero-order valence-electron chi connectivity index (χ0n) is 13.1. The average Bonchev–Trinajstić information content (AvgIpc) is 2.37. The molecular formula is C17H25NO2S. The summed E-state index contributed by atoms with van der Waals surface area (Å²) in [6, 6.07) is 6.12. The maximum atomic E-state index is 11.6. The first-order chi connectivity index (χ1) is 10.0. The van der Waals surface area contributed by atoms with Crippen LogP contribution in [0.25, 0.3) is 0 Å². The Balaban J connectivity index is 2.22. The van der Waals surface area contributed by atoms with Gasteiger partial charge < -0.3 is 10.4 Å². The van der Waals surface area contributed by atoms with Crippen molar-refractivity contribution >= 4 is 23.4 Å². The lowest BCUT2D eigenvalue weighted by atomic mass is 9.80. The summed E-state index contributed by atoms with van der Waals surface area (Å²) in [6.45, 7) is 6.61. The van der Waals surface area contributed by atoms with Crippen LogP contribution < -0.4 is 5.32 Å². The fourth-order valence-corrected chi connectivity index (χ4v) is 4.26. The number of hydrogen-bond acceptors (Lipinski definition) is 3. The van der Waals surface area contributed by atoms with Gasteiger partial charge in [-0.15, -0.1) is 11.8 Å². The van der Waals surface area contributed by atoms with Crippen LogP contribution in [-0.2, 0) is 0 Å². The van der Waals surface area contributed by atoms with Crippen molar-refractivity contribution in [2.24, 2.45) is 11.8 Å². The van der Waals surface area contributed by atoms with Crippen molar-refractivity contribution < 1.29 is 9.90 Å². The van der Waals surface area contributed by atoms with E-state index in [1.54, 1.807) is 11.8 Å². The first-order valence-corrected chi connectivity index (χ1v) is 8.75. The zero-order valence-corrected chi connectivity index (χ0v) is 13.9. The van der Waals surface area contributed by atoms with Gasteiger partial charge in [0.2, 0.25) is 0 Å². The van der Waals surface area contributed by atoms with Crippen LogP contribution in [0.2, 0.25) is 0 Å². The van der Waals surface area contributed by atoms with Gasteiger partial charge in [0.15, 0.2) is 0 Å². The Morgan fingerprint density at radius 1 is 1.29 bits per heavy atom. The molecule has 1 aliphatic rings. The normalized spacial score (nSPS) is 25.6. The molecule has 0 bridgehead atoms. The molecule has 0 amide bonds. The van der Waals surface area contributed by atoms with E-state index in [1.807, 2.05) is 25.1 Å². The topological polar surface area (TPSA) is 49.3 Å². The monoisotopic (exact) mass is 307 g/mol. The van der Waals surface area contributed by atoms with Crippen LogP contribution in [0.4, 0.5) is 5.69 Å². The summed E-state index contributed by atoms with van der Waals surface area (Å²) in [5.74, 6) is 1.44. The van der Waals surface area contributed by atoms with Crippen molar-refractivity contribution in [3.05, 3.63) is 23.8 Å². The maximum Gasteiger partial charge on any atom is 0.338 e. The van der Waals surface area contributed by atoms with Crippen molar-refractivity contribution in [2.45, 2.75) is 51.0 Å². The molecule has 3 nitrogen and oxygen atoms in total. The van der Waals surface area contributed by atoms with E-state index in [0.717, 1.165) is 29.2 Å². The molecule has 1 aromatic rings. The molecular weight excluding hydrogens is 282 g/mol. The second kappa shape index (κ2) is 7.21. The Bertz CT molecular complexity index is 494. The fraction of sp³-hybridized carbons (Fsp3) is 0.588. The molecule has 2 unspecified atom stereocenters. The molecule has 1 aromatic carbocycles. The largest absolute Gasteiger partial charge is 0.478 e. The van der Waals surface area contributed by atoms with Gasteiger partial charge in [-0.3, -0.25) is 0 Å². The molecule has 1 aliphatic carbocycles. The van der Waals surface area contributed by atoms with Crippen LogP contribution >= 0.6 is 11.8 Å². The third-order valence-corrected chi connectivity index (χ3v) is 5.02. The number of rotatable bonds is 5. The number of benzene rings is 1. The van der Waals surface area contributed by atoms with E-state index >= 15 is 0 Å². The lowest BCUT2D eigenvalue weighted by Crippen LogP contribution is -2.30. The Hall–Kier alpha value is -1.16. The predicted molar refractivity (Wildman–Crippen MR) is 89.4 cm³/mol. The molecule has 2 rings (SSSR count). The zero-order chi connectivity index (χ0) is 15.4. The number of thioether (sulfide) groups is 1. The molecule has 116 valence electrons. The third kappa shape index (κ3) is 4.16. The lowest BCUT2D eigenvalue weighted by molar-refractivity contribution is 0.0694. The van der Waals surface area contributed by atoms with E-state index in [-0.39, 0.29) is 0 Å². The van der Waals surface area contributed by atoms with Gasteiger partial charge in [-0.2, -0.15) is 0 Å². The minimum absolute atomic E-state index is 0.378. The first-order valence-electron chi connectivity index (χ1n) is 7.76. The Morgan fingerprint density at radius 3 is 2.52 bits per heavy atom. The smallest absolute Gasteiger partial charge is 0.338 e. The molecule has 0 radical (unpaired) electrons. The maximum absolute atomic E-state index is 11.6. The summed E-state index contributed by atoms with van der Waals surface area (Å²) in [4.78, 5) is 12.5. The minimum Gasteiger partial charge on any atom is -0.478 e. The van der Waals surface area contributed by atoms with Gasteiger partial charge in [-0.05, 0) is 49.0 Å². The quantitative estimate of drug-likeness (QED) is 0.772. The van der Waals surface area contributed by atoms with E-state index in [9.17, 15) is 9.90 Å². The Labute approximate surface area is 131 Å². The van der Waals surface area contributed by atoms with Crippen LogP contribution in [0, 0.1) is 11.8 Å². The summed E-state index contributed by atoms with van der Waals surface area (Å²) in [6.07, 6.45) is 3.51. The number of anilines is 1. The number of aromatic carboxylic acids is 1. The van der Waals surface area contributed by atoms with Crippen molar-refractivity contribution in [2.75, 3.05) is 11.1 Å². The lowest BCUT2D eigenvalue weighted by Gasteiger charge is -2.33. The summed E-state index contributed by atoms with van der Waals surface area (Å²) < 4.78 is 0. The Kier molecular flexibility index (Phi) is 5.57. The average molecular weight is 307 g/mol. The molecule has 0 heterocycles. The highest BCUT2D eigenvalue weighted by molar-refractivity contribution is 7.99. The summed E-state index contributed by atoms with van der Waals surface area (Å²) in [5.41, 5.74) is 1.20. The van der Waals surface area contributed by atoms with Gasteiger partial charge in [-0.25, -0.2) is 4.79 Å². The van der Waals surface area contributed by atoms with Gasteiger partial charge in [0, 0.05) is 10.9 Å². The number of carbonyl (C=O) groups is 1. The molecule has 0 saturated heterocycles. The van der Waals surface area contributed by atoms with E-state index < -0.39 is 5.97 Å². The van der Waals surface area contributed by atoms with Crippen molar-refractivity contribution in [3.63, 3.8) is 0 Å². The molecule has 0 spiro atoms. The van der Waals surface area contributed by atoms with E-state index in [1.165, 1.54) is 6.42 Å². The number of carboxylic acid groups (broad SMARTS) is 1. The van der Waals surface area contributed by atoms with Crippen LogP contribution in [-0.4, -0.2) is 22.9 Å². The van der Waals surface area contributed by atoms with Crippen LogP contribution in [0.15, 0.2) is 23.1 Å². The van der Waals surface area contributed by atoms with Gasteiger partial charge in [0.05, 0.1) is 11.3 Å². The molecule has 21 heavy (non-hydrogen) atoms. The fourth-order valence-electron chi connectivity index (χ4n) is 3.43. The Morgan fingerprint density at radius 2 is 1.95 bits per heavy atom. The number of hydrogen-bond donors (Lipinski definition) is 2. The number of nitrogens with one attached hydrogen (secondary N) is 1. The first kappa shape index (κ1) is 16.2. The molecule has 0 aliphatic heterocycles. The van der Waals surface area contributed by atoms with Crippen LogP contribution in [0.5, 0.6) is 0 Å². The van der Waals surface area contributed by atoms with Crippen LogP contribution in [0.3, 0.4) is 0 Å². The van der Waals surface area contributed by atoms with Gasteiger partial charge in [-0.1, -0.05) is 26.8 Å². The second-order valence-electron chi connectivity index (χ2n) is 6.18. The molecule has 4 heteroatoms. The van der Waals surface area contributed by atoms with Gasteiger partial charge in [0.25, 0.3) is 0 Å². The second-order valence-corrected chi connectivity index (χ2v) is 7.48. The van der Waals surface area contributed by atoms with Crippen molar-refractivity contribution in [1.29, 1.82) is 0 Å². The third-order valence-electron chi connectivity index (χ3n) is 4.08. The molecule has 2 atom stereocenters. The highest BCUT2D eigenvalue weighted by atomic mass is 32.2. The highest BCUT2D eigenvalue weighted by Crippen LogP contribution is 2.33. The SMILES string of the molecule is CCSc1cccc(NC2CC(C)CC(C)C2)c1C(=O)O. The standard InChI is InChI=1S/C17H25NO2S/c1-4-21-15-7-5-6-14(16(15)17(19)20)18-13-9-11(2)8-12(3)10-13/h5-7,11-13,18H,4,8-10H2,1-3H3,(H,19,20). The molecule has 1 saturated carbocycles. The summed E-state index contributed by atoms with van der Waals surface area (Å²) in [5, 5.41) is 13.0. The molecule has 0 aromatic heterocycles. The van der Waals surface area contributed by atoms with Crippen molar-refractivity contribution in [3.8, 4) is 0 Å². The summed E-state index contributed by atoms with van der Waals surface area (Å²) >= 11 is 1.59. The number of carboxylic acids is 1. The van der Waals surface area contributed by atoms with Crippen molar-refractivity contribution in [1.82, 2.24) is 0 Å². The highest BCUT2D eigenvalue weighted by Gasteiger charge is 2.25. The van der Waals surface area contributed by atoms with Gasteiger partial charge >= 0.3 is 5.97 Å². The van der Waals surface area contributed by atoms with Crippen LogP contribution in [0.1, 0.15) is 50.4 Å². The molecule has 1 fully saturated rings.